The number of amides is 1. The van der Waals surface area contributed by atoms with Crippen LogP contribution in [-0.4, -0.2) is 5.91 Å². The monoisotopic (exact) mass is 370 g/mol. The van der Waals surface area contributed by atoms with Crippen LogP contribution in [-0.2, 0) is 4.74 Å². The molecule has 0 fully saturated rings. The Balaban J connectivity index is 1.42. The van der Waals surface area contributed by atoms with E-state index in [9.17, 15) is 4.79 Å². The van der Waals surface area contributed by atoms with Gasteiger partial charge in [0.1, 0.15) is 12.2 Å². The summed E-state index contributed by atoms with van der Waals surface area (Å²) >= 11 is 0. The van der Waals surface area contributed by atoms with E-state index in [4.69, 9.17) is 10.5 Å². The topological polar surface area (TPSA) is 64.4 Å². The molecule has 1 aliphatic heterocycles. The molecule has 3 N–H and O–H groups in total. The normalized spacial score (nSPS) is 18.2. The summed E-state index contributed by atoms with van der Waals surface area (Å²) in [5.41, 5.74) is 11.0. The summed E-state index contributed by atoms with van der Waals surface area (Å²) < 4.78 is 6.16. The van der Waals surface area contributed by atoms with Crippen LogP contribution in [0.3, 0.4) is 0 Å². The number of nitrogens with two attached hydrogens (primary N) is 1. The maximum atomic E-state index is 12.5. The molecule has 2 atom stereocenters. The molecule has 0 saturated carbocycles. The minimum atomic E-state index is -0.190. The van der Waals surface area contributed by atoms with Gasteiger partial charge < -0.3 is 15.8 Å². The van der Waals surface area contributed by atoms with Crippen molar-refractivity contribution in [3.63, 3.8) is 0 Å². The number of carbonyl (C=O) groups excluding carboxylic acids is 1. The van der Waals surface area contributed by atoms with Crippen LogP contribution >= 0.6 is 0 Å². The van der Waals surface area contributed by atoms with E-state index in [0.717, 1.165) is 11.1 Å². The average molecular weight is 370 g/mol. The number of nitrogens with one attached hydrogen (secondary N) is 1. The number of hydrogen-bond acceptors (Lipinski definition) is 3. The number of ether oxygens (including phenoxy) is 1. The van der Waals surface area contributed by atoms with Gasteiger partial charge in [0, 0.05) is 5.56 Å². The van der Waals surface area contributed by atoms with Gasteiger partial charge >= 0.3 is 0 Å². The highest BCUT2D eigenvalue weighted by molar-refractivity contribution is 6.05. The van der Waals surface area contributed by atoms with E-state index in [1.54, 1.807) is 24.3 Å². The van der Waals surface area contributed by atoms with Gasteiger partial charge in [-0.25, -0.2) is 0 Å². The Kier molecular flexibility index (Phi) is 4.96. The maximum absolute atomic E-state index is 12.5. The van der Waals surface area contributed by atoms with Crippen molar-refractivity contribution in [3.05, 3.63) is 107 Å². The molecular formula is C24H22N2O2. The van der Waals surface area contributed by atoms with Crippen molar-refractivity contribution in [2.45, 2.75) is 19.1 Å². The summed E-state index contributed by atoms with van der Waals surface area (Å²) in [6.07, 6.45) is 3.97. The first-order chi connectivity index (χ1) is 13.6. The van der Waals surface area contributed by atoms with Crippen LogP contribution in [0, 0.1) is 6.92 Å². The first-order valence-electron chi connectivity index (χ1n) is 9.26. The summed E-state index contributed by atoms with van der Waals surface area (Å²) in [4.78, 5) is 12.5. The predicted octanol–water partition coefficient (Wildman–Crippen LogP) is 5.20. The minimum absolute atomic E-state index is 0.0466. The van der Waals surface area contributed by atoms with Gasteiger partial charge in [-0.15, -0.1) is 0 Å². The molecule has 0 spiro atoms. The van der Waals surface area contributed by atoms with E-state index in [1.165, 1.54) is 5.56 Å². The average Bonchev–Trinajstić information content (AvgIpc) is 3.20. The van der Waals surface area contributed by atoms with Crippen LogP contribution in [0.1, 0.15) is 39.3 Å². The van der Waals surface area contributed by atoms with E-state index in [0.29, 0.717) is 16.9 Å². The zero-order valence-corrected chi connectivity index (χ0v) is 15.6. The second-order valence-electron chi connectivity index (χ2n) is 6.94. The third-order valence-electron chi connectivity index (χ3n) is 4.87. The zero-order chi connectivity index (χ0) is 19.5. The van der Waals surface area contributed by atoms with E-state index < -0.39 is 0 Å². The SMILES string of the molecule is Cc1ccc(C2C=CC(c3ccc(C(=O)Nc4ccccc4N)cc3)O2)cc1. The van der Waals surface area contributed by atoms with Gasteiger partial charge in [-0.05, 0) is 42.3 Å². The smallest absolute Gasteiger partial charge is 0.255 e. The van der Waals surface area contributed by atoms with Crippen molar-refractivity contribution in [1.82, 2.24) is 0 Å². The van der Waals surface area contributed by atoms with E-state index in [2.05, 4.69) is 48.7 Å². The third-order valence-corrected chi connectivity index (χ3v) is 4.87. The molecule has 4 heteroatoms. The Bertz CT molecular complexity index is 1010. The molecule has 0 bridgehead atoms. The molecule has 4 rings (SSSR count). The van der Waals surface area contributed by atoms with Gasteiger partial charge in [0.05, 0.1) is 11.4 Å². The van der Waals surface area contributed by atoms with Crippen LogP contribution in [0.25, 0.3) is 0 Å². The largest absolute Gasteiger partial charge is 0.397 e. The van der Waals surface area contributed by atoms with Gasteiger partial charge in [0.25, 0.3) is 5.91 Å². The lowest BCUT2D eigenvalue weighted by Gasteiger charge is -2.15. The molecule has 3 aromatic rings. The van der Waals surface area contributed by atoms with Gasteiger partial charge in [-0.2, -0.15) is 0 Å². The fraction of sp³-hybridized carbons (Fsp3) is 0.125. The second kappa shape index (κ2) is 7.71. The van der Waals surface area contributed by atoms with Crippen LogP contribution in [0.15, 0.2) is 84.9 Å². The van der Waals surface area contributed by atoms with E-state index >= 15 is 0 Å². The van der Waals surface area contributed by atoms with Crippen molar-refractivity contribution in [3.8, 4) is 0 Å². The number of anilines is 2. The molecule has 1 amide bonds. The number of rotatable bonds is 4. The summed E-state index contributed by atoms with van der Waals surface area (Å²) in [6, 6.07) is 23.0. The molecule has 0 radical (unpaired) electrons. The highest BCUT2D eigenvalue weighted by Crippen LogP contribution is 2.35. The summed E-state index contributed by atoms with van der Waals surface area (Å²) in [6.45, 7) is 2.07. The lowest BCUT2D eigenvalue weighted by molar-refractivity contribution is 0.0603. The fourth-order valence-corrected chi connectivity index (χ4v) is 3.22. The van der Waals surface area contributed by atoms with E-state index in [1.807, 2.05) is 24.3 Å². The number of para-hydroxylation sites is 2. The molecule has 0 aliphatic carbocycles. The van der Waals surface area contributed by atoms with Gasteiger partial charge in [0.15, 0.2) is 0 Å². The molecule has 2 unspecified atom stereocenters. The first-order valence-corrected chi connectivity index (χ1v) is 9.26. The predicted molar refractivity (Wildman–Crippen MR) is 112 cm³/mol. The van der Waals surface area contributed by atoms with Crippen LogP contribution in [0.2, 0.25) is 0 Å². The Morgan fingerprint density at radius 3 is 2.04 bits per heavy atom. The third kappa shape index (κ3) is 3.82. The standard InChI is InChI=1S/C24H22N2O2/c1-16-6-8-17(9-7-16)22-14-15-23(28-22)18-10-12-19(13-11-18)24(27)26-21-5-3-2-4-20(21)25/h2-15,22-23H,25H2,1H3,(H,26,27). The molecule has 4 nitrogen and oxygen atoms in total. The quantitative estimate of drug-likeness (QED) is 0.490. The Morgan fingerprint density at radius 2 is 1.43 bits per heavy atom. The molecule has 0 saturated heterocycles. The van der Waals surface area contributed by atoms with Crippen LogP contribution in [0.5, 0.6) is 0 Å². The fourth-order valence-electron chi connectivity index (χ4n) is 3.22. The lowest BCUT2D eigenvalue weighted by atomic mass is 10.1. The number of benzene rings is 3. The second-order valence-corrected chi connectivity index (χ2v) is 6.94. The molecule has 3 aromatic carbocycles. The summed E-state index contributed by atoms with van der Waals surface area (Å²) in [5, 5.41) is 2.84. The number of carbonyl (C=O) groups is 1. The Labute approximate surface area is 164 Å². The van der Waals surface area contributed by atoms with Gasteiger partial charge in [-0.1, -0.05) is 66.2 Å². The number of nitrogen functional groups attached to an aromatic ring is 1. The van der Waals surface area contributed by atoms with Crippen molar-refractivity contribution in [1.29, 1.82) is 0 Å². The molecule has 1 heterocycles. The Hall–Kier alpha value is -3.37. The molecule has 0 aromatic heterocycles. The van der Waals surface area contributed by atoms with Crippen molar-refractivity contribution >= 4 is 17.3 Å². The first kappa shape index (κ1) is 18.0. The maximum Gasteiger partial charge on any atom is 0.255 e. The van der Waals surface area contributed by atoms with Gasteiger partial charge in [-0.3, -0.25) is 4.79 Å². The highest BCUT2D eigenvalue weighted by Gasteiger charge is 2.22. The van der Waals surface area contributed by atoms with Crippen molar-refractivity contribution < 1.29 is 9.53 Å². The van der Waals surface area contributed by atoms with Crippen LogP contribution in [0.4, 0.5) is 11.4 Å². The summed E-state index contributed by atoms with van der Waals surface area (Å²) in [5.74, 6) is -0.190. The molecule has 28 heavy (non-hydrogen) atoms. The molecular weight excluding hydrogens is 348 g/mol. The van der Waals surface area contributed by atoms with Gasteiger partial charge in [0.2, 0.25) is 0 Å². The Morgan fingerprint density at radius 1 is 0.857 bits per heavy atom. The van der Waals surface area contributed by atoms with E-state index in [-0.39, 0.29) is 18.1 Å². The van der Waals surface area contributed by atoms with Crippen LogP contribution < -0.4 is 11.1 Å². The van der Waals surface area contributed by atoms with Crippen molar-refractivity contribution in [2.75, 3.05) is 11.1 Å². The minimum Gasteiger partial charge on any atom is -0.397 e. The number of hydrogen-bond donors (Lipinski definition) is 2. The molecule has 140 valence electrons. The number of aryl methyl sites for hydroxylation is 1. The highest BCUT2D eigenvalue weighted by atomic mass is 16.5. The molecule has 1 aliphatic rings. The summed E-state index contributed by atoms with van der Waals surface area (Å²) in [7, 11) is 0. The van der Waals surface area contributed by atoms with Crippen molar-refractivity contribution in [2.24, 2.45) is 0 Å². The zero-order valence-electron chi connectivity index (χ0n) is 15.6. The lowest BCUT2D eigenvalue weighted by Crippen LogP contribution is -2.13.